The van der Waals surface area contributed by atoms with Crippen LogP contribution in [0.2, 0.25) is 0 Å². The SMILES string of the molecule is O=C(O)N1CCC(CO)(c2ccccc2F)CC1. The fourth-order valence-electron chi connectivity index (χ4n) is 2.53. The van der Waals surface area contributed by atoms with E-state index < -0.39 is 11.5 Å². The molecule has 2 N–H and O–H groups in total. The minimum atomic E-state index is -0.963. The molecule has 1 aromatic rings. The van der Waals surface area contributed by atoms with Gasteiger partial charge in [0, 0.05) is 18.5 Å². The molecule has 0 spiro atoms. The van der Waals surface area contributed by atoms with Gasteiger partial charge in [-0.05, 0) is 24.5 Å². The van der Waals surface area contributed by atoms with Crippen LogP contribution in [0.4, 0.5) is 9.18 Å². The van der Waals surface area contributed by atoms with E-state index in [2.05, 4.69) is 0 Å². The van der Waals surface area contributed by atoms with Gasteiger partial charge in [0.05, 0.1) is 6.61 Å². The molecule has 0 aliphatic carbocycles. The highest BCUT2D eigenvalue weighted by Gasteiger charge is 2.38. The Bertz CT molecular complexity index is 442. The van der Waals surface area contributed by atoms with Gasteiger partial charge in [-0.1, -0.05) is 18.2 Å². The van der Waals surface area contributed by atoms with E-state index in [1.165, 1.54) is 11.0 Å². The molecule has 1 aliphatic heterocycles. The van der Waals surface area contributed by atoms with Gasteiger partial charge in [0.1, 0.15) is 5.82 Å². The number of nitrogens with zero attached hydrogens (tertiary/aromatic N) is 1. The van der Waals surface area contributed by atoms with Crippen LogP contribution in [0, 0.1) is 5.82 Å². The van der Waals surface area contributed by atoms with Crippen molar-refractivity contribution in [2.24, 2.45) is 0 Å². The number of hydrogen-bond donors (Lipinski definition) is 2. The van der Waals surface area contributed by atoms with Gasteiger partial charge < -0.3 is 15.1 Å². The normalized spacial score (nSPS) is 18.7. The number of aliphatic hydroxyl groups is 1. The van der Waals surface area contributed by atoms with E-state index in [9.17, 15) is 14.3 Å². The summed E-state index contributed by atoms with van der Waals surface area (Å²) >= 11 is 0. The topological polar surface area (TPSA) is 60.8 Å². The van der Waals surface area contributed by atoms with E-state index in [4.69, 9.17) is 5.11 Å². The molecule has 0 atom stereocenters. The Morgan fingerprint density at radius 2 is 1.94 bits per heavy atom. The van der Waals surface area contributed by atoms with Gasteiger partial charge >= 0.3 is 6.09 Å². The molecule has 1 aromatic carbocycles. The highest BCUT2D eigenvalue weighted by Crippen LogP contribution is 2.36. The Hall–Kier alpha value is -1.62. The first-order chi connectivity index (χ1) is 8.59. The Morgan fingerprint density at radius 3 is 2.44 bits per heavy atom. The minimum Gasteiger partial charge on any atom is -0.465 e. The lowest BCUT2D eigenvalue weighted by atomic mass is 9.73. The number of carboxylic acid groups (broad SMARTS) is 1. The summed E-state index contributed by atoms with van der Waals surface area (Å²) in [5.41, 5.74) is -0.172. The molecular formula is C13H16FNO3. The van der Waals surface area contributed by atoms with Crippen molar-refractivity contribution in [3.05, 3.63) is 35.6 Å². The van der Waals surface area contributed by atoms with E-state index in [0.29, 0.717) is 31.5 Å². The summed E-state index contributed by atoms with van der Waals surface area (Å²) in [6.45, 7) is 0.482. The van der Waals surface area contributed by atoms with Crippen LogP contribution < -0.4 is 0 Å². The fourth-order valence-corrected chi connectivity index (χ4v) is 2.53. The molecule has 2 rings (SSSR count). The Kier molecular flexibility index (Phi) is 3.52. The Morgan fingerprint density at radius 1 is 1.33 bits per heavy atom. The molecule has 1 fully saturated rings. The summed E-state index contributed by atoms with van der Waals surface area (Å²) in [7, 11) is 0. The highest BCUT2D eigenvalue weighted by atomic mass is 19.1. The first-order valence-corrected chi connectivity index (χ1v) is 5.93. The molecular weight excluding hydrogens is 237 g/mol. The number of halogens is 1. The van der Waals surface area contributed by atoms with Gasteiger partial charge in [-0.2, -0.15) is 0 Å². The highest BCUT2D eigenvalue weighted by molar-refractivity contribution is 5.65. The first kappa shape index (κ1) is 12.8. The van der Waals surface area contributed by atoms with Crippen molar-refractivity contribution in [1.29, 1.82) is 0 Å². The van der Waals surface area contributed by atoms with Crippen molar-refractivity contribution < 1.29 is 19.4 Å². The Balaban J connectivity index is 2.24. The molecule has 18 heavy (non-hydrogen) atoms. The van der Waals surface area contributed by atoms with Crippen molar-refractivity contribution >= 4 is 6.09 Å². The maximum Gasteiger partial charge on any atom is 0.407 e. The predicted molar refractivity (Wildman–Crippen MR) is 64.0 cm³/mol. The molecule has 0 saturated carbocycles. The molecule has 1 saturated heterocycles. The maximum absolute atomic E-state index is 13.8. The summed E-state index contributed by atoms with van der Waals surface area (Å²) in [5, 5.41) is 18.5. The van der Waals surface area contributed by atoms with E-state index in [1.807, 2.05) is 0 Å². The first-order valence-electron chi connectivity index (χ1n) is 5.93. The zero-order chi connectivity index (χ0) is 13.2. The van der Waals surface area contributed by atoms with Crippen LogP contribution in [0.5, 0.6) is 0 Å². The lowest BCUT2D eigenvalue weighted by Gasteiger charge is -2.40. The van der Waals surface area contributed by atoms with Crippen LogP contribution in [-0.2, 0) is 5.41 Å². The van der Waals surface area contributed by atoms with Crippen molar-refractivity contribution in [2.45, 2.75) is 18.3 Å². The molecule has 0 unspecified atom stereocenters. The minimum absolute atomic E-state index is 0.165. The summed E-state index contributed by atoms with van der Waals surface area (Å²) < 4.78 is 13.8. The van der Waals surface area contributed by atoms with Gasteiger partial charge in [0.2, 0.25) is 0 Å². The molecule has 0 radical (unpaired) electrons. The largest absolute Gasteiger partial charge is 0.465 e. The number of piperidine rings is 1. The summed E-state index contributed by atoms with van der Waals surface area (Å²) in [5.74, 6) is -0.338. The van der Waals surface area contributed by atoms with Crippen molar-refractivity contribution in [1.82, 2.24) is 4.90 Å². The van der Waals surface area contributed by atoms with Crippen molar-refractivity contribution in [2.75, 3.05) is 19.7 Å². The lowest BCUT2D eigenvalue weighted by Crippen LogP contribution is -2.46. The van der Waals surface area contributed by atoms with Crippen LogP contribution in [0.25, 0.3) is 0 Å². The fraction of sp³-hybridized carbons (Fsp3) is 0.462. The zero-order valence-electron chi connectivity index (χ0n) is 9.97. The molecule has 5 heteroatoms. The number of amides is 1. The van der Waals surface area contributed by atoms with E-state index in [1.54, 1.807) is 18.2 Å². The zero-order valence-corrected chi connectivity index (χ0v) is 9.97. The molecule has 1 amide bonds. The number of benzene rings is 1. The quantitative estimate of drug-likeness (QED) is 0.845. The van der Waals surface area contributed by atoms with Gasteiger partial charge in [-0.15, -0.1) is 0 Å². The predicted octanol–water partition coefficient (Wildman–Crippen LogP) is 1.83. The summed E-state index contributed by atoms with van der Waals surface area (Å²) in [6.07, 6.45) is -0.0805. The number of hydrogen-bond acceptors (Lipinski definition) is 2. The lowest BCUT2D eigenvalue weighted by molar-refractivity contribution is 0.0878. The van der Waals surface area contributed by atoms with Crippen molar-refractivity contribution in [3.8, 4) is 0 Å². The van der Waals surface area contributed by atoms with Gasteiger partial charge in [-0.3, -0.25) is 0 Å². The van der Waals surface area contributed by atoms with Crippen LogP contribution in [0.3, 0.4) is 0 Å². The average Bonchev–Trinajstić information content (AvgIpc) is 2.39. The molecule has 98 valence electrons. The second-order valence-electron chi connectivity index (χ2n) is 4.69. The number of aliphatic hydroxyl groups excluding tert-OH is 1. The van der Waals surface area contributed by atoms with Crippen LogP contribution in [-0.4, -0.2) is 40.9 Å². The van der Waals surface area contributed by atoms with Crippen LogP contribution in [0.1, 0.15) is 18.4 Å². The molecule has 4 nitrogen and oxygen atoms in total. The number of carbonyl (C=O) groups is 1. The van der Waals surface area contributed by atoms with Crippen molar-refractivity contribution in [3.63, 3.8) is 0 Å². The Labute approximate surface area is 105 Å². The smallest absolute Gasteiger partial charge is 0.407 e. The van der Waals surface area contributed by atoms with E-state index in [0.717, 1.165) is 0 Å². The summed E-state index contributed by atoms with van der Waals surface area (Å²) in [4.78, 5) is 12.1. The standard InChI is InChI=1S/C13H16FNO3/c14-11-4-2-1-3-10(11)13(9-16)5-7-15(8-6-13)12(17)18/h1-4,16H,5-9H2,(H,17,18). The average molecular weight is 253 g/mol. The third kappa shape index (κ3) is 2.18. The molecule has 1 aliphatic rings. The second-order valence-corrected chi connectivity index (χ2v) is 4.69. The van der Waals surface area contributed by atoms with E-state index in [-0.39, 0.29) is 12.4 Å². The van der Waals surface area contributed by atoms with Gasteiger partial charge in [0.25, 0.3) is 0 Å². The summed E-state index contributed by atoms with van der Waals surface area (Å²) in [6, 6.07) is 6.38. The molecule has 0 bridgehead atoms. The van der Waals surface area contributed by atoms with E-state index >= 15 is 0 Å². The number of rotatable bonds is 2. The van der Waals surface area contributed by atoms with Gasteiger partial charge in [-0.25, -0.2) is 9.18 Å². The van der Waals surface area contributed by atoms with Gasteiger partial charge in [0.15, 0.2) is 0 Å². The number of likely N-dealkylation sites (tertiary alicyclic amines) is 1. The third-order valence-corrected chi connectivity index (χ3v) is 3.74. The monoisotopic (exact) mass is 253 g/mol. The second kappa shape index (κ2) is 4.94. The molecule has 0 aromatic heterocycles. The van der Waals surface area contributed by atoms with Crippen LogP contribution >= 0.6 is 0 Å². The molecule has 1 heterocycles. The maximum atomic E-state index is 13.8. The third-order valence-electron chi connectivity index (χ3n) is 3.74. The van der Waals surface area contributed by atoms with Crippen LogP contribution in [0.15, 0.2) is 24.3 Å².